The van der Waals surface area contributed by atoms with Crippen LogP contribution in [0.5, 0.6) is 5.75 Å². The van der Waals surface area contributed by atoms with Crippen LogP contribution in [0, 0.1) is 0 Å². The zero-order valence-electron chi connectivity index (χ0n) is 7.08. The summed E-state index contributed by atoms with van der Waals surface area (Å²) >= 11 is 3.32. The summed E-state index contributed by atoms with van der Waals surface area (Å²) in [5.74, 6) is 0.659. The number of carbonyl (C=O) groups excluding carboxylic acids is 1. The standard InChI is InChI=1S/C9H8BrNO2/c1-11-5-13-8-4-6(10)2-3-7(8)9(11)12/h2-4H,5H2,1H3. The van der Waals surface area contributed by atoms with Gasteiger partial charge in [-0.25, -0.2) is 0 Å². The van der Waals surface area contributed by atoms with Gasteiger partial charge < -0.3 is 9.64 Å². The predicted octanol–water partition coefficient (Wildman–Crippen LogP) is 1.87. The van der Waals surface area contributed by atoms with Crippen molar-refractivity contribution in [2.45, 2.75) is 0 Å². The SMILES string of the molecule is CN1COc2cc(Br)ccc2C1=O. The highest BCUT2D eigenvalue weighted by Crippen LogP contribution is 2.27. The lowest BCUT2D eigenvalue weighted by molar-refractivity contribution is 0.0595. The van der Waals surface area contributed by atoms with Crippen molar-refractivity contribution in [1.82, 2.24) is 4.90 Å². The summed E-state index contributed by atoms with van der Waals surface area (Å²) in [5, 5.41) is 0. The molecular weight excluding hydrogens is 234 g/mol. The molecule has 0 atom stereocenters. The number of fused-ring (bicyclic) bond motifs is 1. The summed E-state index contributed by atoms with van der Waals surface area (Å²) in [6.45, 7) is 0.322. The molecule has 1 amide bonds. The molecule has 1 heterocycles. The molecule has 68 valence electrons. The number of halogens is 1. The molecule has 3 nitrogen and oxygen atoms in total. The van der Waals surface area contributed by atoms with E-state index in [4.69, 9.17) is 4.74 Å². The Labute approximate surface area is 84.4 Å². The second-order valence-electron chi connectivity index (χ2n) is 2.92. The minimum absolute atomic E-state index is 0.00810. The van der Waals surface area contributed by atoms with Gasteiger partial charge in [-0.05, 0) is 18.2 Å². The minimum atomic E-state index is 0.00810. The van der Waals surface area contributed by atoms with Crippen molar-refractivity contribution < 1.29 is 9.53 Å². The number of benzene rings is 1. The summed E-state index contributed by atoms with van der Waals surface area (Å²) in [5.41, 5.74) is 0.622. The Hall–Kier alpha value is -1.03. The molecule has 0 radical (unpaired) electrons. The number of nitrogens with zero attached hydrogens (tertiary/aromatic N) is 1. The lowest BCUT2D eigenvalue weighted by atomic mass is 10.1. The number of rotatable bonds is 0. The predicted molar refractivity (Wildman–Crippen MR) is 51.7 cm³/mol. The molecule has 0 saturated heterocycles. The van der Waals surface area contributed by atoms with Crippen LogP contribution in [0.15, 0.2) is 22.7 Å². The first-order chi connectivity index (χ1) is 6.18. The topological polar surface area (TPSA) is 29.5 Å². The monoisotopic (exact) mass is 241 g/mol. The van der Waals surface area contributed by atoms with Crippen LogP contribution in [0.25, 0.3) is 0 Å². The van der Waals surface area contributed by atoms with E-state index in [9.17, 15) is 4.79 Å². The van der Waals surface area contributed by atoms with Crippen LogP contribution in [0.2, 0.25) is 0 Å². The van der Waals surface area contributed by atoms with E-state index in [0.717, 1.165) is 4.47 Å². The van der Waals surface area contributed by atoms with Gasteiger partial charge in [0.25, 0.3) is 5.91 Å². The highest BCUT2D eigenvalue weighted by atomic mass is 79.9. The Kier molecular flexibility index (Phi) is 2.00. The van der Waals surface area contributed by atoms with Gasteiger partial charge in [-0.2, -0.15) is 0 Å². The van der Waals surface area contributed by atoms with Crippen LogP contribution in [0.1, 0.15) is 10.4 Å². The number of carbonyl (C=O) groups is 1. The molecule has 1 aliphatic heterocycles. The Morgan fingerprint density at radius 3 is 3.08 bits per heavy atom. The van der Waals surface area contributed by atoms with E-state index in [1.54, 1.807) is 19.2 Å². The first-order valence-electron chi connectivity index (χ1n) is 3.86. The molecule has 1 aromatic carbocycles. The van der Waals surface area contributed by atoms with Crippen LogP contribution >= 0.6 is 15.9 Å². The molecule has 0 N–H and O–H groups in total. The Bertz CT molecular complexity index is 365. The first-order valence-corrected chi connectivity index (χ1v) is 4.65. The molecule has 13 heavy (non-hydrogen) atoms. The summed E-state index contributed by atoms with van der Waals surface area (Å²) in [7, 11) is 1.72. The van der Waals surface area contributed by atoms with Gasteiger partial charge in [0.15, 0.2) is 6.73 Å². The fourth-order valence-electron chi connectivity index (χ4n) is 1.22. The Morgan fingerprint density at radius 1 is 1.54 bits per heavy atom. The molecule has 4 heteroatoms. The third-order valence-corrected chi connectivity index (χ3v) is 2.43. The van der Waals surface area contributed by atoms with Crippen LogP contribution in [0.4, 0.5) is 0 Å². The van der Waals surface area contributed by atoms with Gasteiger partial charge in [0, 0.05) is 11.5 Å². The maximum Gasteiger partial charge on any atom is 0.259 e. The van der Waals surface area contributed by atoms with Gasteiger partial charge in [0.1, 0.15) is 5.75 Å². The average Bonchev–Trinajstić information content (AvgIpc) is 2.12. The zero-order chi connectivity index (χ0) is 9.42. The summed E-state index contributed by atoms with van der Waals surface area (Å²) < 4.78 is 6.28. The van der Waals surface area contributed by atoms with Gasteiger partial charge in [-0.3, -0.25) is 4.79 Å². The van der Waals surface area contributed by atoms with Crippen molar-refractivity contribution in [1.29, 1.82) is 0 Å². The van der Waals surface area contributed by atoms with Gasteiger partial charge >= 0.3 is 0 Å². The van der Waals surface area contributed by atoms with Crippen molar-refractivity contribution >= 4 is 21.8 Å². The fourth-order valence-corrected chi connectivity index (χ4v) is 1.56. The van der Waals surface area contributed by atoms with Crippen molar-refractivity contribution in [2.75, 3.05) is 13.8 Å². The van der Waals surface area contributed by atoms with E-state index in [1.165, 1.54) is 4.90 Å². The van der Waals surface area contributed by atoms with Crippen molar-refractivity contribution in [3.8, 4) is 5.75 Å². The van der Waals surface area contributed by atoms with E-state index in [-0.39, 0.29) is 5.91 Å². The normalized spacial score (nSPS) is 15.2. The summed E-state index contributed by atoms with van der Waals surface area (Å²) in [4.78, 5) is 13.1. The minimum Gasteiger partial charge on any atom is -0.472 e. The largest absolute Gasteiger partial charge is 0.472 e. The molecule has 0 aliphatic carbocycles. The first kappa shape index (κ1) is 8.56. The van der Waals surface area contributed by atoms with E-state index in [1.807, 2.05) is 6.07 Å². The van der Waals surface area contributed by atoms with E-state index < -0.39 is 0 Å². The smallest absolute Gasteiger partial charge is 0.259 e. The maximum absolute atomic E-state index is 11.6. The number of hydrogen-bond acceptors (Lipinski definition) is 2. The number of hydrogen-bond donors (Lipinski definition) is 0. The van der Waals surface area contributed by atoms with Crippen LogP contribution < -0.4 is 4.74 Å². The fraction of sp³-hybridized carbons (Fsp3) is 0.222. The number of amides is 1. The highest BCUT2D eigenvalue weighted by Gasteiger charge is 2.22. The quantitative estimate of drug-likeness (QED) is 0.695. The van der Waals surface area contributed by atoms with Crippen molar-refractivity contribution in [3.05, 3.63) is 28.2 Å². The maximum atomic E-state index is 11.6. The van der Waals surface area contributed by atoms with Crippen LogP contribution in [0.3, 0.4) is 0 Å². The molecule has 0 spiro atoms. The van der Waals surface area contributed by atoms with Gasteiger partial charge in [0.2, 0.25) is 0 Å². The van der Waals surface area contributed by atoms with E-state index >= 15 is 0 Å². The van der Waals surface area contributed by atoms with Gasteiger partial charge in [-0.1, -0.05) is 15.9 Å². The van der Waals surface area contributed by atoms with E-state index in [0.29, 0.717) is 18.0 Å². The second kappa shape index (κ2) is 3.03. The molecule has 1 aromatic rings. The zero-order valence-corrected chi connectivity index (χ0v) is 8.67. The van der Waals surface area contributed by atoms with Crippen molar-refractivity contribution in [2.24, 2.45) is 0 Å². The van der Waals surface area contributed by atoms with Gasteiger partial charge in [-0.15, -0.1) is 0 Å². The summed E-state index contributed by atoms with van der Waals surface area (Å²) in [6.07, 6.45) is 0. The average molecular weight is 242 g/mol. The third kappa shape index (κ3) is 1.42. The molecule has 2 rings (SSSR count). The molecule has 0 unspecified atom stereocenters. The Balaban J connectivity index is 2.50. The van der Waals surface area contributed by atoms with Crippen molar-refractivity contribution in [3.63, 3.8) is 0 Å². The molecule has 0 aromatic heterocycles. The lowest BCUT2D eigenvalue weighted by Crippen LogP contribution is -2.35. The molecule has 1 aliphatic rings. The van der Waals surface area contributed by atoms with E-state index in [2.05, 4.69) is 15.9 Å². The highest BCUT2D eigenvalue weighted by molar-refractivity contribution is 9.10. The Morgan fingerprint density at radius 2 is 2.31 bits per heavy atom. The molecular formula is C9H8BrNO2. The van der Waals surface area contributed by atoms with Crippen LogP contribution in [-0.2, 0) is 0 Å². The lowest BCUT2D eigenvalue weighted by Gasteiger charge is -2.25. The molecule has 0 saturated carbocycles. The summed E-state index contributed by atoms with van der Waals surface area (Å²) in [6, 6.07) is 5.40. The molecule has 0 fully saturated rings. The van der Waals surface area contributed by atoms with Gasteiger partial charge in [0.05, 0.1) is 5.56 Å². The number of ether oxygens (including phenoxy) is 1. The third-order valence-electron chi connectivity index (χ3n) is 1.93. The second-order valence-corrected chi connectivity index (χ2v) is 3.83. The molecule has 0 bridgehead atoms. The van der Waals surface area contributed by atoms with Crippen LogP contribution in [-0.4, -0.2) is 24.6 Å².